The molecule has 0 radical (unpaired) electrons. The fourth-order valence-electron chi connectivity index (χ4n) is 3.33. The molecule has 114 valence electrons. The Hall–Kier alpha value is -0.900. The number of nitrogens with zero attached hydrogens (tertiary/aromatic N) is 2. The van der Waals surface area contributed by atoms with Crippen LogP contribution in [0.1, 0.15) is 83.3 Å². The Kier molecular flexibility index (Phi) is 5.19. The first-order valence-electron chi connectivity index (χ1n) is 8.04. The Morgan fingerprint density at radius 3 is 2.35 bits per heavy atom. The van der Waals surface area contributed by atoms with E-state index < -0.39 is 6.10 Å². The molecule has 1 heterocycles. The van der Waals surface area contributed by atoms with Crippen LogP contribution in [0.25, 0.3) is 0 Å². The van der Waals surface area contributed by atoms with Crippen molar-refractivity contribution in [1.82, 2.24) is 10.1 Å². The molecule has 1 fully saturated rings. The second-order valence-electron chi connectivity index (χ2n) is 6.60. The van der Waals surface area contributed by atoms with Gasteiger partial charge in [-0.1, -0.05) is 25.9 Å². The zero-order valence-corrected chi connectivity index (χ0v) is 13.2. The van der Waals surface area contributed by atoms with Crippen LogP contribution in [0.15, 0.2) is 4.52 Å². The van der Waals surface area contributed by atoms with Crippen molar-refractivity contribution in [3.8, 4) is 0 Å². The lowest BCUT2D eigenvalue weighted by atomic mass is 9.77. The molecule has 0 bridgehead atoms. The normalized spacial score (nSPS) is 26.7. The Morgan fingerprint density at radius 1 is 1.20 bits per heavy atom. The predicted molar refractivity (Wildman–Crippen MR) is 78.5 cm³/mol. The van der Waals surface area contributed by atoms with Crippen LogP contribution >= 0.6 is 0 Å². The summed E-state index contributed by atoms with van der Waals surface area (Å²) in [6.45, 7) is 8.44. The van der Waals surface area contributed by atoms with Gasteiger partial charge in [0.15, 0.2) is 5.82 Å². The van der Waals surface area contributed by atoms with Gasteiger partial charge in [0.2, 0.25) is 5.89 Å². The summed E-state index contributed by atoms with van der Waals surface area (Å²) in [7, 11) is 0. The van der Waals surface area contributed by atoms with Crippen molar-refractivity contribution in [2.45, 2.75) is 77.7 Å². The highest BCUT2D eigenvalue weighted by Crippen LogP contribution is 2.38. The zero-order valence-electron chi connectivity index (χ0n) is 13.2. The minimum atomic E-state index is -0.440. The third-order valence-electron chi connectivity index (χ3n) is 4.88. The van der Waals surface area contributed by atoms with Crippen LogP contribution in [0, 0.1) is 11.8 Å². The van der Waals surface area contributed by atoms with E-state index in [0.717, 1.165) is 36.9 Å². The summed E-state index contributed by atoms with van der Waals surface area (Å²) in [6, 6.07) is 0. The van der Waals surface area contributed by atoms with Crippen molar-refractivity contribution >= 4 is 0 Å². The highest BCUT2D eigenvalue weighted by Gasteiger charge is 2.29. The molecule has 4 heteroatoms. The first kappa shape index (κ1) is 15.5. The molecule has 2 atom stereocenters. The molecule has 1 aliphatic rings. The maximum absolute atomic E-state index is 9.75. The first-order chi connectivity index (χ1) is 9.52. The summed E-state index contributed by atoms with van der Waals surface area (Å²) in [5, 5.41) is 13.9. The van der Waals surface area contributed by atoms with Crippen molar-refractivity contribution in [2.24, 2.45) is 11.8 Å². The van der Waals surface area contributed by atoms with Crippen LogP contribution in [0.2, 0.25) is 0 Å². The molecule has 2 unspecified atom stereocenters. The maximum Gasteiger partial charge on any atom is 0.232 e. The zero-order chi connectivity index (χ0) is 14.7. The van der Waals surface area contributed by atoms with Crippen LogP contribution in [0.3, 0.4) is 0 Å². The molecule has 1 aromatic heterocycles. The van der Waals surface area contributed by atoms with Crippen molar-refractivity contribution in [2.75, 3.05) is 0 Å². The number of aliphatic hydroxyl groups is 1. The van der Waals surface area contributed by atoms with E-state index in [9.17, 15) is 5.11 Å². The fourth-order valence-corrected chi connectivity index (χ4v) is 3.33. The van der Waals surface area contributed by atoms with Gasteiger partial charge in [0.1, 0.15) is 0 Å². The van der Waals surface area contributed by atoms with Crippen LogP contribution < -0.4 is 0 Å². The molecule has 20 heavy (non-hydrogen) atoms. The minimum absolute atomic E-state index is 0.0387. The van der Waals surface area contributed by atoms with E-state index in [2.05, 4.69) is 24.0 Å². The molecule has 4 nitrogen and oxygen atoms in total. The van der Waals surface area contributed by atoms with Gasteiger partial charge in [-0.2, -0.15) is 4.98 Å². The molecule has 1 aromatic rings. The van der Waals surface area contributed by atoms with Crippen molar-refractivity contribution < 1.29 is 9.63 Å². The smallest absolute Gasteiger partial charge is 0.232 e. The van der Waals surface area contributed by atoms with E-state index in [0.29, 0.717) is 11.8 Å². The summed E-state index contributed by atoms with van der Waals surface area (Å²) in [5.74, 6) is 3.47. The van der Waals surface area contributed by atoms with Gasteiger partial charge in [-0.3, -0.25) is 0 Å². The molecule has 0 saturated heterocycles. The summed E-state index contributed by atoms with van der Waals surface area (Å²) in [5.41, 5.74) is 0. The average molecular weight is 280 g/mol. The highest BCUT2D eigenvalue weighted by molar-refractivity contribution is 5.02. The molecule has 0 aromatic carbocycles. The minimum Gasteiger partial charge on any atom is -0.393 e. The third kappa shape index (κ3) is 3.40. The van der Waals surface area contributed by atoms with Gasteiger partial charge in [0.25, 0.3) is 0 Å². The van der Waals surface area contributed by atoms with Gasteiger partial charge in [0, 0.05) is 5.92 Å². The fraction of sp³-hybridized carbons (Fsp3) is 0.875. The van der Waals surface area contributed by atoms with E-state index in [4.69, 9.17) is 4.52 Å². The Morgan fingerprint density at radius 2 is 1.85 bits per heavy atom. The van der Waals surface area contributed by atoms with E-state index >= 15 is 0 Å². The van der Waals surface area contributed by atoms with Crippen molar-refractivity contribution in [3.05, 3.63) is 11.7 Å². The van der Waals surface area contributed by atoms with Crippen LogP contribution in [0.4, 0.5) is 0 Å². The summed E-state index contributed by atoms with van der Waals surface area (Å²) >= 11 is 0. The standard InChI is InChI=1S/C16H28N2O2/c1-5-14(11(4)19)16-17-15(18-20-16)13-8-6-12(7-9-13)10(2)3/h10-14,19H,5-9H2,1-4H3. The highest BCUT2D eigenvalue weighted by atomic mass is 16.5. The topological polar surface area (TPSA) is 59.2 Å². The molecule has 1 N–H and O–H groups in total. The number of hydrogen-bond donors (Lipinski definition) is 1. The summed E-state index contributed by atoms with van der Waals surface area (Å²) in [6.07, 6.45) is 5.23. The first-order valence-corrected chi connectivity index (χ1v) is 8.04. The van der Waals surface area contributed by atoms with Gasteiger partial charge < -0.3 is 9.63 Å². The van der Waals surface area contributed by atoms with E-state index in [1.54, 1.807) is 6.92 Å². The van der Waals surface area contributed by atoms with Crippen LogP contribution in [0.5, 0.6) is 0 Å². The molecule has 0 spiro atoms. The number of hydrogen-bond acceptors (Lipinski definition) is 4. The molecular weight excluding hydrogens is 252 g/mol. The molecule has 1 saturated carbocycles. The predicted octanol–water partition coefficient (Wildman–Crippen LogP) is 3.87. The Balaban J connectivity index is 1.99. The largest absolute Gasteiger partial charge is 0.393 e. The Bertz CT molecular complexity index is 406. The van der Waals surface area contributed by atoms with E-state index in [-0.39, 0.29) is 5.92 Å². The molecule has 2 rings (SSSR count). The summed E-state index contributed by atoms with van der Waals surface area (Å²) < 4.78 is 5.39. The monoisotopic (exact) mass is 280 g/mol. The number of aliphatic hydroxyl groups excluding tert-OH is 1. The van der Waals surface area contributed by atoms with Gasteiger partial charge in [-0.25, -0.2) is 0 Å². The molecular formula is C16H28N2O2. The van der Waals surface area contributed by atoms with Gasteiger partial charge in [0.05, 0.1) is 12.0 Å². The molecule has 1 aliphatic carbocycles. The molecule has 0 amide bonds. The molecule has 0 aliphatic heterocycles. The quantitative estimate of drug-likeness (QED) is 0.889. The average Bonchev–Trinajstić information content (AvgIpc) is 2.88. The summed E-state index contributed by atoms with van der Waals surface area (Å²) in [4.78, 5) is 4.56. The van der Waals surface area contributed by atoms with Crippen molar-refractivity contribution in [3.63, 3.8) is 0 Å². The second-order valence-corrected chi connectivity index (χ2v) is 6.60. The van der Waals surface area contributed by atoms with Gasteiger partial charge in [-0.05, 0) is 50.9 Å². The maximum atomic E-state index is 9.75. The van der Waals surface area contributed by atoms with Gasteiger partial charge in [-0.15, -0.1) is 0 Å². The lowest BCUT2D eigenvalue weighted by Crippen LogP contribution is -2.18. The van der Waals surface area contributed by atoms with E-state index in [1.807, 2.05) is 6.92 Å². The SMILES string of the molecule is CCC(c1nc(C2CCC(C(C)C)CC2)no1)C(C)O. The van der Waals surface area contributed by atoms with Crippen LogP contribution in [-0.2, 0) is 0 Å². The van der Waals surface area contributed by atoms with Gasteiger partial charge >= 0.3 is 0 Å². The number of rotatable bonds is 5. The third-order valence-corrected chi connectivity index (χ3v) is 4.88. The second kappa shape index (κ2) is 6.70. The Labute approximate surface area is 122 Å². The van der Waals surface area contributed by atoms with E-state index in [1.165, 1.54) is 12.8 Å². The lowest BCUT2D eigenvalue weighted by molar-refractivity contribution is 0.141. The van der Waals surface area contributed by atoms with Crippen LogP contribution in [-0.4, -0.2) is 21.4 Å². The number of aromatic nitrogens is 2. The lowest BCUT2D eigenvalue weighted by Gasteiger charge is -2.29. The van der Waals surface area contributed by atoms with Crippen molar-refractivity contribution in [1.29, 1.82) is 0 Å².